The van der Waals surface area contributed by atoms with Crippen LogP contribution in [0.4, 0.5) is 4.79 Å². The third-order valence-corrected chi connectivity index (χ3v) is 5.00. The molecule has 0 spiro atoms. The number of carbonyl (C=O) groups is 2. The molecule has 108 valence electrons. The van der Waals surface area contributed by atoms with Gasteiger partial charge in [-0.3, -0.25) is 4.79 Å². The molecule has 21 heavy (non-hydrogen) atoms. The lowest BCUT2D eigenvalue weighted by Gasteiger charge is -2.25. The molecular weight excluding hydrogens is 308 g/mol. The Labute approximate surface area is 129 Å². The van der Waals surface area contributed by atoms with E-state index in [4.69, 9.17) is 0 Å². The highest BCUT2D eigenvalue weighted by atomic mass is 32.2. The lowest BCUT2D eigenvalue weighted by Crippen LogP contribution is -2.54. The molecule has 6 nitrogen and oxygen atoms in total. The molecule has 1 aromatic rings. The molecule has 8 heteroatoms. The van der Waals surface area contributed by atoms with Crippen molar-refractivity contribution in [3.05, 3.63) is 22.4 Å². The van der Waals surface area contributed by atoms with Crippen molar-refractivity contribution in [3.8, 4) is 0 Å². The number of aliphatic imine (C=N–C) groups is 2. The zero-order chi connectivity index (χ0) is 15.1. The topological polar surface area (TPSA) is 65.1 Å². The molecule has 0 fully saturated rings. The van der Waals surface area contributed by atoms with Crippen molar-refractivity contribution < 1.29 is 14.2 Å². The maximum absolute atomic E-state index is 12.4. The molecule has 3 rings (SSSR count). The summed E-state index contributed by atoms with van der Waals surface area (Å²) >= 11 is 2.93. The first kappa shape index (κ1) is 14.2. The van der Waals surface area contributed by atoms with Crippen molar-refractivity contribution in [2.75, 3.05) is 20.4 Å². The highest BCUT2D eigenvalue weighted by Crippen LogP contribution is 2.26. The van der Waals surface area contributed by atoms with Gasteiger partial charge in [-0.25, -0.2) is 9.79 Å². The van der Waals surface area contributed by atoms with Crippen molar-refractivity contribution in [3.63, 3.8) is 0 Å². The van der Waals surface area contributed by atoms with Crippen LogP contribution in [0.5, 0.6) is 0 Å². The van der Waals surface area contributed by atoms with Crippen molar-refractivity contribution in [2.24, 2.45) is 15.9 Å². The van der Waals surface area contributed by atoms with Gasteiger partial charge in [0.05, 0.1) is 19.0 Å². The largest absolute Gasteiger partial charge is 0.445 e. The number of hydrogen-bond donors (Lipinski definition) is 0. The third-order valence-electron chi connectivity index (χ3n) is 3.39. The predicted octanol–water partition coefficient (Wildman–Crippen LogP) is 1.52. The first-order chi connectivity index (χ1) is 10.0. The highest BCUT2D eigenvalue weighted by molar-refractivity contribution is 8.13. The quantitative estimate of drug-likeness (QED) is 0.737. The van der Waals surface area contributed by atoms with Gasteiger partial charge in [0.25, 0.3) is 5.84 Å². The smallest absolute Gasteiger partial charge is 0.255 e. The van der Waals surface area contributed by atoms with Gasteiger partial charge in [-0.1, -0.05) is 11.1 Å². The average Bonchev–Trinajstić information content (AvgIpc) is 3.03. The lowest BCUT2D eigenvalue weighted by atomic mass is 10.0. The minimum absolute atomic E-state index is 0.282. The molecule has 0 bridgehead atoms. The number of amidine groups is 2. The number of imide groups is 1. The Hall–Kier alpha value is -1.80. The Bertz CT molecular complexity index is 719. The zero-order valence-corrected chi connectivity index (χ0v) is 13.4. The summed E-state index contributed by atoms with van der Waals surface area (Å²) in [6.45, 7) is 0. The van der Waals surface area contributed by atoms with Gasteiger partial charge in [0.1, 0.15) is 5.04 Å². The molecule has 0 radical (unpaired) electrons. The van der Waals surface area contributed by atoms with E-state index in [2.05, 4.69) is 9.98 Å². The van der Waals surface area contributed by atoms with E-state index in [0.29, 0.717) is 16.7 Å². The molecular formula is C13H13N4O2S2+. The summed E-state index contributed by atoms with van der Waals surface area (Å²) in [6.07, 6.45) is 1.87. The second-order valence-corrected chi connectivity index (χ2v) is 6.37. The summed E-state index contributed by atoms with van der Waals surface area (Å²) in [5, 5.41) is 2.61. The molecule has 0 saturated heterocycles. The van der Waals surface area contributed by atoms with Crippen LogP contribution in [0.1, 0.15) is 4.88 Å². The summed E-state index contributed by atoms with van der Waals surface area (Å²) in [4.78, 5) is 35.4. The van der Waals surface area contributed by atoms with Crippen LogP contribution >= 0.6 is 23.1 Å². The number of rotatable bonds is 1. The van der Waals surface area contributed by atoms with E-state index < -0.39 is 5.92 Å². The minimum atomic E-state index is -0.587. The fraction of sp³-hybridized carbons (Fsp3) is 0.308. The lowest BCUT2D eigenvalue weighted by molar-refractivity contribution is -0.407. The van der Waals surface area contributed by atoms with E-state index >= 15 is 0 Å². The van der Waals surface area contributed by atoms with E-state index in [9.17, 15) is 9.59 Å². The van der Waals surface area contributed by atoms with Crippen molar-refractivity contribution in [2.45, 2.75) is 0 Å². The summed E-state index contributed by atoms with van der Waals surface area (Å²) in [7, 11) is 3.11. The standard InChI is InChI=1S/C13H13N4O2S2/c1-16-10-8(12(18)17(2)13(16)19)11(20-3)15-9(14-10)7-5-4-6-21-7/h4-6,8H,1-3H3/q+1. The number of fused-ring (bicyclic) bond motifs is 1. The first-order valence-electron chi connectivity index (χ1n) is 6.22. The molecule has 0 aliphatic carbocycles. The Balaban J connectivity index is 2.19. The van der Waals surface area contributed by atoms with Crippen LogP contribution in [0.15, 0.2) is 27.5 Å². The third kappa shape index (κ3) is 2.14. The number of nitrogens with zero attached hydrogens (tertiary/aromatic N) is 4. The molecule has 1 atom stereocenters. The molecule has 1 aromatic heterocycles. The van der Waals surface area contributed by atoms with Crippen LogP contribution in [0.3, 0.4) is 0 Å². The summed E-state index contributed by atoms with van der Waals surface area (Å²) < 4.78 is 1.42. The number of carbonyl (C=O) groups excluding carboxylic acids is 2. The Morgan fingerprint density at radius 3 is 2.76 bits per heavy atom. The number of urea groups is 1. The van der Waals surface area contributed by atoms with Gasteiger partial charge in [-0.15, -0.1) is 23.1 Å². The van der Waals surface area contributed by atoms with Crippen LogP contribution in [-0.2, 0) is 4.79 Å². The number of thiophene rings is 1. The van der Waals surface area contributed by atoms with Crippen molar-refractivity contribution in [1.29, 1.82) is 0 Å². The maximum Gasteiger partial charge on any atom is 0.445 e. The van der Waals surface area contributed by atoms with Crippen LogP contribution in [0, 0.1) is 5.92 Å². The van der Waals surface area contributed by atoms with Gasteiger partial charge >= 0.3 is 11.9 Å². The molecule has 3 amide bonds. The van der Waals surface area contributed by atoms with Gasteiger partial charge in [0.2, 0.25) is 5.84 Å². The zero-order valence-electron chi connectivity index (χ0n) is 11.7. The van der Waals surface area contributed by atoms with Crippen LogP contribution in [0.25, 0.3) is 0 Å². The minimum Gasteiger partial charge on any atom is -0.255 e. The Morgan fingerprint density at radius 1 is 1.38 bits per heavy atom. The van der Waals surface area contributed by atoms with Crippen LogP contribution < -0.4 is 0 Å². The Morgan fingerprint density at radius 2 is 2.14 bits per heavy atom. The second-order valence-electron chi connectivity index (χ2n) is 4.60. The summed E-state index contributed by atoms with van der Waals surface area (Å²) in [5.41, 5.74) is 0. The van der Waals surface area contributed by atoms with Gasteiger partial charge in [0, 0.05) is 0 Å². The van der Waals surface area contributed by atoms with Gasteiger partial charge in [0.15, 0.2) is 5.92 Å². The van der Waals surface area contributed by atoms with Crippen molar-refractivity contribution >= 4 is 51.8 Å². The normalized spacial score (nSPS) is 22.2. The van der Waals surface area contributed by atoms with E-state index in [0.717, 1.165) is 9.78 Å². The van der Waals surface area contributed by atoms with E-state index in [-0.39, 0.29) is 11.9 Å². The second kappa shape index (κ2) is 5.19. The molecule has 0 aromatic carbocycles. The fourth-order valence-electron chi connectivity index (χ4n) is 2.25. The van der Waals surface area contributed by atoms with Crippen LogP contribution in [0.2, 0.25) is 0 Å². The number of hydrogen-bond acceptors (Lipinski definition) is 6. The van der Waals surface area contributed by atoms with Crippen molar-refractivity contribution in [1.82, 2.24) is 4.90 Å². The van der Waals surface area contributed by atoms with E-state index in [1.165, 1.54) is 34.7 Å². The van der Waals surface area contributed by atoms with Crippen LogP contribution in [-0.4, -0.2) is 58.5 Å². The average molecular weight is 321 g/mol. The molecule has 2 aliphatic heterocycles. The molecule has 0 saturated carbocycles. The van der Waals surface area contributed by atoms with E-state index in [1.807, 2.05) is 23.8 Å². The highest BCUT2D eigenvalue weighted by Gasteiger charge is 2.48. The maximum atomic E-state index is 12.4. The number of amides is 3. The SMILES string of the molecule is CSC1=NC(c2cccs2)=NC2=[N+](C)C(=O)N(C)C(=O)C12. The van der Waals surface area contributed by atoms with Gasteiger partial charge < -0.3 is 0 Å². The van der Waals surface area contributed by atoms with Gasteiger partial charge in [-0.05, 0) is 17.7 Å². The Kier molecular flexibility index (Phi) is 3.50. The first-order valence-corrected chi connectivity index (χ1v) is 8.32. The molecule has 3 heterocycles. The molecule has 2 aliphatic rings. The number of thioether (sulfide) groups is 1. The molecule has 1 unspecified atom stereocenters. The monoisotopic (exact) mass is 321 g/mol. The van der Waals surface area contributed by atoms with Gasteiger partial charge in [-0.2, -0.15) is 9.48 Å². The summed E-state index contributed by atoms with van der Waals surface area (Å²) in [6, 6.07) is 3.47. The fourth-order valence-corrected chi connectivity index (χ4v) is 3.53. The summed E-state index contributed by atoms with van der Waals surface area (Å²) in [5.74, 6) is 0.134. The molecule has 0 N–H and O–H groups in total. The predicted molar refractivity (Wildman–Crippen MR) is 84.7 cm³/mol. The van der Waals surface area contributed by atoms with E-state index in [1.54, 1.807) is 7.05 Å².